The molecule has 0 bridgehead atoms. The fourth-order valence-corrected chi connectivity index (χ4v) is 2.57. The minimum absolute atomic E-state index is 0.563. The van der Waals surface area contributed by atoms with Crippen LogP contribution in [0, 0.1) is 5.41 Å². The van der Waals surface area contributed by atoms with Crippen molar-refractivity contribution in [2.75, 3.05) is 39.5 Å². The molecule has 2 nitrogen and oxygen atoms in total. The second kappa shape index (κ2) is 6.83. The van der Waals surface area contributed by atoms with Gasteiger partial charge in [-0.05, 0) is 32.4 Å². The van der Waals surface area contributed by atoms with Crippen molar-refractivity contribution in [1.82, 2.24) is 4.90 Å². The molecule has 0 aromatic rings. The van der Waals surface area contributed by atoms with Gasteiger partial charge in [-0.25, -0.2) is 0 Å². The average molecular weight is 231 g/mol. The van der Waals surface area contributed by atoms with Crippen molar-refractivity contribution in [2.45, 2.75) is 32.6 Å². The van der Waals surface area contributed by atoms with Gasteiger partial charge in [-0.1, -0.05) is 20.0 Å². The van der Waals surface area contributed by atoms with Crippen molar-refractivity contribution in [2.24, 2.45) is 5.41 Å². The zero-order chi connectivity index (χ0) is 11.1. The Morgan fingerprint density at radius 3 is 2.73 bits per heavy atom. The van der Waals surface area contributed by atoms with E-state index in [9.17, 15) is 0 Å². The number of unbranched alkanes of at least 4 members (excludes halogenated alkanes) is 1. The highest BCUT2D eigenvalue weighted by molar-refractivity contribution is 7.15. The summed E-state index contributed by atoms with van der Waals surface area (Å²) in [5.41, 5.74) is 0.563. The number of rotatable bonds is 3. The van der Waals surface area contributed by atoms with Crippen LogP contribution < -0.4 is 0 Å². The van der Waals surface area contributed by atoms with Crippen LogP contribution in [-0.4, -0.2) is 44.4 Å². The predicted octanol–water partition coefficient (Wildman–Crippen LogP) is 2.39. The summed E-state index contributed by atoms with van der Waals surface area (Å²) in [5, 5.41) is 0. The Labute approximate surface area is 97.0 Å². The van der Waals surface area contributed by atoms with Crippen molar-refractivity contribution in [1.29, 1.82) is 0 Å². The van der Waals surface area contributed by atoms with Crippen LogP contribution in [0.1, 0.15) is 32.6 Å². The van der Waals surface area contributed by atoms with Crippen LogP contribution >= 0.6 is 9.24 Å². The van der Waals surface area contributed by atoms with E-state index < -0.39 is 0 Å². The lowest BCUT2D eigenvalue weighted by Crippen LogP contribution is -2.28. The summed E-state index contributed by atoms with van der Waals surface area (Å²) in [5.74, 6) is 0. The summed E-state index contributed by atoms with van der Waals surface area (Å²) in [4.78, 5) is 2.62. The molecule has 2 aliphatic rings. The van der Waals surface area contributed by atoms with Crippen LogP contribution in [0.5, 0.6) is 0 Å². The average Bonchev–Trinajstić information content (AvgIpc) is 2.90. The Morgan fingerprint density at radius 1 is 1.33 bits per heavy atom. The summed E-state index contributed by atoms with van der Waals surface area (Å²) in [7, 11) is 2.42. The number of hydrogen-bond acceptors (Lipinski definition) is 2. The van der Waals surface area contributed by atoms with E-state index in [0.29, 0.717) is 5.41 Å². The molecule has 90 valence electrons. The van der Waals surface area contributed by atoms with E-state index in [1.54, 1.807) is 0 Å². The van der Waals surface area contributed by atoms with Crippen LogP contribution in [0.2, 0.25) is 0 Å². The molecule has 2 rings (SSSR count). The molecule has 2 atom stereocenters. The molecule has 3 heteroatoms. The second-order valence-corrected chi connectivity index (χ2v) is 4.68. The minimum Gasteiger partial charge on any atom is -0.381 e. The molecular weight excluding hydrogens is 205 g/mol. The SMILES string of the molecule is CCCCN1CCC2(CCOC2)C1.CP. The van der Waals surface area contributed by atoms with Gasteiger partial charge in [0.05, 0.1) is 6.61 Å². The molecule has 2 heterocycles. The zero-order valence-corrected chi connectivity index (χ0v) is 11.5. The number of likely N-dealkylation sites (tertiary alicyclic amines) is 1. The van der Waals surface area contributed by atoms with Crippen molar-refractivity contribution < 1.29 is 4.74 Å². The number of nitrogens with zero attached hydrogens (tertiary/aromatic N) is 1. The minimum atomic E-state index is 0.563. The Hall–Kier alpha value is 0.350. The third kappa shape index (κ3) is 3.69. The highest BCUT2D eigenvalue weighted by Gasteiger charge is 2.40. The summed E-state index contributed by atoms with van der Waals surface area (Å²) < 4.78 is 5.51. The van der Waals surface area contributed by atoms with Crippen molar-refractivity contribution in [3.8, 4) is 0 Å². The molecule has 0 aromatic heterocycles. The third-order valence-corrected chi connectivity index (χ3v) is 3.53. The van der Waals surface area contributed by atoms with Gasteiger partial charge in [0, 0.05) is 18.6 Å². The van der Waals surface area contributed by atoms with E-state index in [1.807, 2.05) is 6.66 Å². The van der Waals surface area contributed by atoms with Gasteiger partial charge in [0.2, 0.25) is 0 Å². The van der Waals surface area contributed by atoms with E-state index in [-0.39, 0.29) is 0 Å². The van der Waals surface area contributed by atoms with Crippen LogP contribution in [0.3, 0.4) is 0 Å². The molecule has 2 fully saturated rings. The maximum Gasteiger partial charge on any atom is 0.0536 e. The van der Waals surface area contributed by atoms with E-state index in [1.165, 1.54) is 45.3 Å². The van der Waals surface area contributed by atoms with Gasteiger partial charge in [-0.3, -0.25) is 0 Å². The maximum absolute atomic E-state index is 5.51. The van der Waals surface area contributed by atoms with Crippen LogP contribution in [0.4, 0.5) is 0 Å². The van der Waals surface area contributed by atoms with E-state index in [4.69, 9.17) is 4.74 Å². The lowest BCUT2D eigenvalue weighted by molar-refractivity contribution is 0.152. The fraction of sp³-hybridized carbons (Fsp3) is 1.00. The molecular formula is C12H26NOP. The topological polar surface area (TPSA) is 12.5 Å². The van der Waals surface area contributed by atoms with Crippen molar-refractivity contribution >= 4 is 9.24 Å². The van der Waals surface area contributed by atoms with Crippen molar-refractivity contribution in [3.05, 3.63) is 0 Å². The van der Waals surface area contributed by atoms with Gasteiger partial charge >= 0.3 is 0 Å². The van der Waals surface area contributed by atoms with Gasteiger partial charge in [0.25, 0.3) is 0 Å². The standard InChI is InChI=1S/C11H21NO.CH5P/c1-2-3-6-12-7-4-11(9-12)5-8-13-10-11;1-2/h2-10H2,1H3;2H2,1H3. The fourth-order valence-electron chi connectivity index (χ4n) is 2.57. The monoisotopic (exact) mass is 231 g/mol. The first-order valence-corrected chi connectivity index (χ1v) is 7.38. The molecule has 0 saturated carbocycles. The summed E-state index contributed by atoms with van der Waals surface area (Å²) >= 11 is 0. The normalized spacial score (nSPS) is 30.6. The van der Waals surface area contributed by atoms with E-state index in [2.05, 4.69) is 21.1 Å². The maximum atomic E-state index is 5.51. The smallest absolute Gasteiger partial charge is 0.0536 e. The van der Waals surface area contributed by atoms with Gasteiger partial charge in [-0.2, -0.15) is 0 Å². The molecule has 0 amide bonds. The summed E-state index contributed by atoms with van der Waals surface area (Å²) in [6.07, 6.45) is 5.35. The Morgan fingerprint density at radius 2 is 2.13 bits per heavy atom. The lowest BCUT2D eigenvalue weighted by atomic mass is 9.87. The highest BCUT2D eigenvalue weighted by Crippen LogP contribution is 2.37. The highest BCUT2D eigenvalue weighted by atomic mass is 31.0. The Bertz CT molecular complexity index is 169. The van der Waals surface area contributed by atoms with Crippen LogP contribution in [-0.2, 0) is 4.74 Å². The van der Waals surface area contributed by atoms with E-state index >= 15 is 0 Å². The first kappa shape index (κ1) is 13.4. The summed E-state index contributed by atoms with van der Waals surface area (Å²) in [6, 6.07) is 0. The Balaban J connectivity index is 0.000000531. The number of ether oxygens (including phenoxy) is 1. The van der Waals surface area contributed by atoms with Gasteiger partial charge in [0.15, 0.2) is 0 Å². The van der Waals surface area contributed by atoms with Gasteiger partial charge < -0.3 is 9.64 Å². The van der Waals surface area contributed by atoms with Crippen LogP contribution in [0.15, 0.2) is 0 Å². The molecule has 0 aromatic carbocycles. The Kier molecular flexibility index (Phi) is 6.11. The first-order valence-electron chi connectivity index (χ1n) is 6.22. The molecule has 2 saturated heterocycles. The summed E-state index contributed by atoms with van der Waals surface area (Å²) in [6.45, 7) is 10.1. The number of hydrogen-bond donors (Lipinski definition) is 0. The van der Waals surface area contributed by atoms with Gasteiger partial charge in [0.1, 0.15) is 0 Å². The molecule has 1 spiro atoms. The van der Waals surface area contributed by atoms with Crippen LogP contribution in [0.25, 0.3) is 0 Å². The molecule has 2 aliphatic heterocycles. The molecule has 0 aliphatic carbocycles. The van der Waals surface area contributed by atoms with Gasteiger partial charge in [-0.15, -0.1) is 9.24 Å². The second-order valence-electron chi connectivity index (χ2n) is 4.68. The lowest BCUT2D eigenvalue weighted by Gasteiger charge is -2.21. The first-order chi connectivity index (χ1) is 7.35. The quantitative estimate of drug-likeness (QED) is 0.692. The molecule has 0 radical (unpaired) electrons. The van der Waals surface area contributed by atoms with Crippen molar-refractivity contribution in [3.63, 3.8) is 0 Å². The molecule has 0 N–H and O–H groups in total. The molecule has 15 heavy (non-hydrogen) atoms. The predicted molar refractivity (Wildman–Crippen MR) is 69.5 cm³/mol. The third-order valence-electron chi connectivity index (χ3n) is 3.53. The zero-order valence-electron chi connectivity index (χ0n) is 10.3. The molecule has 2 unspecified atom stereocenters. The largest absolute Gasteiger partial charge is 0.381 e. The van der Waals surface area contributed by atoms with E-state index in [0.717, 1.165) is 13.2 Å².